The van der Waals surface area contributed by atoms with Gasteiger partial charge in [0.2, 0.25) is 0 Å². The fraction of sp³-hybridized carbons (Fsp3) is 0.462. The molecule has 1 aromatic carbocycles. The van der Waals surface area contributed by atoms with Crippen molar-refractivity contribution in [3.8, 4) is 0 Å². The van der Waals surface area contributed by atoms with E-state index < -0.39 is 0 Å². The van der Waals surface area contributed by atoms with Crippen LogP contribution >= 0.6 is 11.6 Å². The molecule has 18 heavy (non-hydrogen) atoms. The molecule has 0 aromatic heterocycles. The molecule has 2 rings (SSSR count). The third-order valence-electron chi connectivity index (χ3n) is 3.06. The van der Waals surface area contributed by atoms with Crippen LogP contribution in [0.25, 0.3) is 0 Å². The lowest BCUT2D eigenvalue weighted by Crippen LogP contribution is -2.33. The Hall–Kier alpha value is -1.26. The summed E-state index contributed by atoms with van der Waals surface area (Å²) >= 11 is 5.94. The summed E-state index contributed by atoms with van der Waals surface area (Å²) in [5.41, 5.74) is 6.51. The number of carbonyl (C=O) groups excluding carboxylic acids is 1. The van der Waals surface area contributed by atoms with Gasteiger partial charge in [-0.05, 0) is 37.1 Å². The molecule has 0 spiro atoms. The molecule has 1 aliphatic rings. The topological polar surface area (TPSA) is 55.6 Å². The monoisotopic (exact) mass is 268 g/mol. The fourth-order valence-corrected chi connectivity index (χ4v) is 2.32. The second kappa shape index (κ2) is 6.07. The Kier molecular flexibility index (Phi) is 4.44. The van der Waals surface area contributed by atoms with Crippen molar-refractivity contribution in [1.82, 2.24) is 4.90 Å². The molecule has 1 atom stereocenters. The molecule has 1 aliphatic heterocycles. The van der Waals surface area contributed by atoms with Crippen LogP contribution in [0.5, 0.6) is 0 Å². The van der Waals surface area contributed by atoms with Crippen LogP contribution in [0.3, 0.4) is 0 Å². The predicted octanol–water partition coefficient (Wildman–Crippen LogP) is 2.40. The zero-order valence-electron chi connectivity index (χ0n) is 10.1. The lowest BCUT2D eigenvalue weighted by Gasteiger charge is -2.21. The summed E-state index contributed by atoms with van der Waals surface area (Å²) in [6.45, 7) is 1.63. The van der Waals surface area contributed by atoms with E-state index in [4.69, 9.17) is 22.1 Å². The molecule has 5 heteroatoms. The Balaban J connectivity index is 2.03. The molecule has 1 fully saturated rings. The van der Waals surface area contributed by atoms with Gasteiger partial charge in [0.25, 0.3) is 0 Å². The normalized spacial score (nSPS) is 19.1. The number of cyclic esters (lactones) is 1. The van der Waals surface area contributed by atoms with Gasteiger partial charge in [-0.25, -0.2) is 4.79 Å². The number of hydrogen-bond acceptors (Lipinski definition) is 3. The molecule has 1 unspecified atom stereocenters. The Morgan fingerprint density at radius 1 is 1.50 bits per heavy atom. The quantitative estimate of drug-likeness (QED) is 0.892. The van der Waals surface area contributed by atoms with E-state index in [0.29, 0.717) is 24.7 Å². The van der Waals surface area contributed by atoms with Crippen molar-refractivity contribution in [2.45, 2.75) is 25.4 Å². The first kappa shape index (κ1) is 13.2. The number of halogens is 1. The van der Waals surface area contributed by atoms with E-state index >= 15 is 0 Å². The summed E-state index contributed by atoms with van der Waals surface area (Å²) in [7, 11) is 0. The lowest BCUT2D eigenvalue weighted by atomic mass is 10.1. The fourth-order valence-electron chi connectivity index (χ4n) is 2.11. The van der Waals surface area contributed by atoms with Gasteiger partial charge in [0.15, 0.2) is 0 Å². The highest BCUT2D eigenvalue weighted by Gasteiger charge is 2.32. The van der Waals surface area contributed by atoms with Crippen molar-refractivity contribution in [3.05, 3.63) is 34.9 Å². The summed E-state index contributed by atoms with van der Waals surface area (Å²) in [5.74, 6) is 0. The molecule has 1 amide bonds. The first-order valence-corrected chi connectivity index (χ1v) is 6.46. The van der Waals surface area contributed by atoms with Gasteiger partial charge in [0, 0.05) is 11.6 Å². The van der Waals surface area contributed by atoms with Crippen LogP contribution in [0, 0.1) is 0 Å². The Bertz CT molecular complexity index is 425. The van der Waals surface area contributed by atoms with Crippen molar-refractivity contribution in [3.63, 3.8) is 0 Å². The Morgan fingerprint density at radius 3 is 3.06 bits per heavy atom. The summed E-state index contributed by atoms with van der Waals surface area (Å²) in [4.78, 5) is 13.4. The van der Waals surface area contributed by atoms with Crippen LogP contribution in [0.15, 0.2) is 24.3 Å². The van der Waals surface area contributed by atoms with Gasteiger partial charge in [-0.1, -0.05) is 23.7 Å². The molecule has 98 valence electrons. The highest BCUT2D eigenvalue weighted by Crippen LogP contribution is 2.21. The van der Waals surface area contributed by atoms with Gasteiger partial charge in [-0.3, -0.25) is 4.90 Å². The first-order chi connectivity index (χ1) is 8.70. The van der Waals surface area contributed by atoms with E-state index in [9.17, 15) is 4.79 Å². The minimum Gasteiger partial charge on any atom is -0.447 e. The van der Waals surface area contributed by atoms with Gasteiger partial charge in [0.1, 0.15) is 6.61 Å². The SMILES string of the molecule is NCCCC1COC(=O)N1Cc1cccc(Cl)c1. The average molecular weight is 269 g/mol. The second-order valence-corrected chi connectivity index (χ2v) is 4.86. The maximum atomic E-state index is 11.7. The van der Waals surface area contributed by atoms with E-state index in [0.717, 1.165) is 18.4 Å². The van der Waals surface area contributed by atoms with Gasteiger partial charge in [-0.15, -0.1) is 0 Å². The second-order valence-electron chi connectivity index (χ2n) is 4.42. The van der Waals surface area contributed by atoms with E-state index in [1.54, 1.807) is 4.90 Å². The van der Waals surface area contributed by atoms with Crippen LogP contribution in [0.1, 0.15) is 18.4 Å². The number of carbonyl (C=O) groups is 1. The molecule has 0 aliphatic carbocycles. The number of amides is 1. The highest BCUT2D eigenvalue weighted by molar-refractivity contribution is 6.30. The van der Waals surface area contributed by atoms with E-state index in [1.165, 1.54) is 0 Å². The molecule has 1 aromatic rings. The predicted molar refractivity (Wildman–Crippen MR) is 70.4 cm³/mol. The Morgan fingerprint density at radius 2 is 2.33 bits per heavy atom. The van der Waals surface area contributed by atoms with Crippen molar-refractivity contribution in [2.75, 3.05) is 13.2 Å². The van der Waals surface area contributed by atoms with Crippen molar-refractivity contribution < 1.29 is 9.53 Å². The van der Waals surface area contributed by atoms with E-state index in [1.807, 2.05) is 24.3 Å². The number of benzene rings is 1. The summed E-state index contributed by atoms with van der Waals surface area (Å²) in [6.07, 6.45) is 1.52. The molecule has 1 saturated heterocycles. The minimum atomic E-state index is -0.253. The van der Waals surface area contributed by atoms with Crippen molar-refractivity contribution >= 4 is 17.7 Å². The molecular formula is C13H17ClN2O2. The van der Waals surface area contributed by atoms with E-state index in [2.05, 4.69) is 0 Å². The summed E-state index contributed by atoms with van der Waals surface area (Å²) in [5, 5.41) is 0.679. The van der Waals surface area contributed by atoms with Gasteiger partial charge < -0.3 is 10.5 Å². The third-order valence-corrected chi connectivity index (χ3v) is 3.29. The lowest BCUT2D eigenvalue weighted by molar-refractivity contribution is 0.156. The standard InChI is InChI=1S/C13H17ClN2O2/c14-11-4-1-3-10(7-11)8-16-12(5-2-6-15)9-18-13(16)17/h1,3-4,7,12H,2,5-6,8-9,15H2. The van der Waals surface area contributed by atoms with Gasteiger partial charge >= 0.3 is 6.09 Å². The number of ether oxygens (including phenoxy) is 1. The third kappa shape index (κ3) is 3.15. The van der Waals surface area contributed by atoms with Crippen LogP contribution in [-0.2, 0) is 11.3 Å². The Labute approximate surface area is 112 Å². The summed E-state index contributed by atoms with van der Waals surface area (Å²) < 4.78 is 5.09. The molecule has 0 bridgehead atoms. The van der Waals surface area contributed by atoms with Gasteiger partial charge in [-0.2, -0.15) is 0 Å². The van der Waals surface area contributed by atoms with Crippen LogP contribution < -0.4 is 5.73 Å². The zero-order valence-corrected chi connectivity index (χ0v) is 10.9. The maximum absolute atomic E-state index is 11.7. The average Bonchev–Trinajstić information content (AvgIpc) is 2.69. The zero-order chi connectivity index (χ0) is 13.0. The molecule has 0 radical (unpaired) electrons. The minimum absolute atomic E-state index is 0.125. The molecule has 4 nitrogen and oxygen atoms in total. The molecule has 2 N–H and O–H groups in total. The number of hydrogen-bond donors (Lipinski definition) is 1. The highest BCUT2D eigenvalue weighted by atomic mass is 35.5. The van der Waals surface area contributed by atoms with Crippen LogP contribution in [0.2, 0.25) is 5.02 Å². The molecular weight excluding hydrogens is 252 g/mol. The van der Waals surface area contributed by atoms with Gasteiger partial charge in [0.05, 0.1) is 6.04 Å². The largest absolute Gasteiger partial charge is 0.447 e. The number of nitrogens with two attached hydrogens (primary N) is 1. The van der Waals surface area contributed by atoms with E-state index in [-0.39, 0.29) is 12.1 Å². The smallest absolute Gasteiger partial charge is 0.410 e. The maximum Gasteiger partial charge on any atom is 0.410 e. The number of nitrogens with zero attached hydrogens (tertiary/aromatic N) is 1. The molecule has 0 saturated carbocycles. The van der Waals surface area contributed by atoms with Crippen LogP contribution in [0.4, 0.5) is 4.79 Å². The summed E-state index contributed by atoms with van der Waals surface area (Å²) in [6, 6.07) is 7.65. The van der Waals surface area contributed by atoms with Crippen LogP contribution in [-0.4, -0.2) is 30.2 Å². The number of rotatable bonds is 5. The first-order valence-electron chi connectivity index (χ1n) is 6.08. The van der Waals surface area contributed by atoms with Crippen molar-refractivity contribution in [2.24, 2.45) is 5.73 Å². The molecule has 1 heterocycles. The van der Waals surface area contributed by atoms with Crippen molar-refractivity contribution in [1.29, 1.82) is 0 Å².